The summed E-state index contributed by atoms with van der Waals surface area (Å²) in [6, 6.07) is 7.34. The van der Waals surface area contributed by atoms with E-state index in [-0.39, 0.29) is 0 Å². The molecular weight excluding hydrogens is 154 g/mol. The Morgan fingerprint density at radius 1 is 1.33 bits per heavy atom. The molecule has 12 heavy (non-hydrogen) atoms. The van der Waals surface area contributed by atoms with Crippen LogP contribution in [0, 0.1) is 6.19 Å². The van der Waals surface area contributed by atoms with Crippen LogP contribution in [0.4, 0.5) is 11.4 Å². The molecule has 0 aromatic heterocycles. The lowest BCUT2D eigenvalue weighted by Gasteiger charge is -2.03. The van der Waals surface area contributed by atoms with Crippen molar-refractivity contribution in [3.63, 3.8) is 0 Å². The zero-order valence-electron chi connectivity index (χ0n) is 6.28. The number of nitrogens with one attached hydrogen (secondary N) is 2. The molecule has 5 heteroatoms. The molecule has 0 atom stereocenters. The summed E-state index contributed by atoms with van der Waals surface area (Å²) in [5.41, 5.74) is 12.5. The van der Waals surface area contributed by atoms with E-state index in [1.54, 1.807) is 5.12 Å². The molecule has 5 nitrogen and oxygen atoms in total. The molecule has 0 saturated carbocycles. The standard InChI is InChI=1S/C7H7N5/c8-6-1-3-7(4-2-6)12-10-5-9-11-12/h1-4,11H,8H2/p+1. The molecule has 0 aliphatic carbocycles. The van der Waals surface area contributed by atoms with Crippen LogP contribution in [-0.2, 0) is 0 Å². The third kappa shape index (κ3) is 1.11. The van der Waals surface area contributed by atoms with Crippen LogP contribution < -0.4 is 21.8 Å². The third-order valence-corrected chi connectivity index (χ3v) is 1.51. The first kappa shape index (κ1) is 6.76. The van der Waals surface area contributed by atoms with Crippen molar-refractivity contribution in [2.45, 2.75) is 0 Å². The van der Waals surface area contributed by atoms with Crippen molar-refractivity contribution in [2.24, 2.45) is 0 Å². The topological polar surface area (TPSA) is 57.7 Å². The van der Waals surface area contributed by atoms with E-state index < -0.39 is 0 Å². The highest BCUT2D eigenvalue weighted by Gasteiger charge is 2.14. The van der Waals surface area contributed by atoms with E-state index in [2.05, 4.69) is 22.1 Å². The van der Waals surface area contributed by atoms with Crippen molar-refractivity contribution in [1.29, 1.82) is 0 Å². The van der Waals surface area contributed by atoms with Crippen LogP contribution in [0.15, 0.2) is 24.3 Å². The molecule has 0 spiro atoms. The second-order valence-electron chi connectivity index (χ2n) is 2.35. The van der Waals surface area contributed by atoms with E-state index >= 15 is 0 Å². The average molecular weight is 162 g/mol. The van der Waals surface area contributed by atoms with Gasteiger partial charge in [0.25, 0.3) is 0 Å². The molecule has 1 aliphatic heterocycles. The van der Waals surface area contributed by atoms with Crippen LogP contribution >= 0.6 is 0 Å². The van der Waals surface area contributed by atoms with Gasteiger partial charge >= 0.3 is 6.19 Å². The van der Waals surface area contributed by atoms with Crippen molar-refractivity contribution in [2.75, 3.05) is 10.9 Å². The van der Waals surface area contributed by atoms with Gasteiger partial charge in [0.1, 0.15) is 5.69 Å². The molecule has 2 rings (SSSR count). The second-order valence-corrected chi connectivity index (χ2v) is 2.35. The van der Waals surface area contributed by atoms with Crippen molar-refractivity contribution in [1.82, 2.24) is 11.0 Å². The number of nitrogens with two attached hydrogens (primary N) is 1. The van der Waals surface area contributed by atoms with E-state index in [9.17, 15) is 0 Å². The summed E-state index contributed by atoms with van der Waals surface area (Å²) in [6.45, 7) is 0. The molecule has 0 radical (unpaired) electrons. The predicted molar refractivity (Wildman–Crippen MR) is 46.9 cm³/mol. The summed E-state index contributed by atoms with van der Waals surface area (Å²) in [5, 5.41) is 1.56. The molecule has 0 saturated heterocycles. The van der Waals surface area contributed by atoms with Crippen LogP contribution in [-0.4, -0.2) is 0 Å². The first-order valence-corrected chi connectivity index (χ1v) is 3.48. The number of nitrogens with zero attached hydrogens (tertiary/aromatic N) is 2. The Labute approximate surface area is 69.5 Å². The van der Waals surface area contributed by atoms with Gasteiger partial charge in [0.15, 0.2) is 0 Å². The number of nitrogen functional groups attached to an aromatic ring is 1. The van der Waals surface area contributed by atoms with Gasteiger partial charge in [0, 0.05) is 5.69 Å². The molecule has 0 amide bonds. The monoisotopic (exact) mass is 162 g/mol. The molecule has 1 aromatic carbocycles. The number of anilines is 2. The molecular formula is C7H8N5+. The summed E-state index contributed by atoms with van der Waals surface area (Å²) in [7, 11) is 0. The van der Waals surface area contributed by atoms with E-state index in [0.717, 1.165) is 11.4 Å². The highest BCUT2D eigenvalue weighted by Crippen LogP contribution is 2.14. The summed E-state index contributed by atoms with van der Waals surface area (Å²) >= 11 is 0. The lowest BCUT2D eigenvalue weighted by Crippen LogP contribution is -2.35. The molecule has 0 bridgehead atoms. The zero-order valence-corrected chi connectivity index (χ0v) is 6.28. The largest absolute Gasteiger partial charge is 0.429 e. The molecule has 4 N–H and O–H groups in total. The first-order chi connectivity index (χ1) is 5.86. The Kier molecular flexibility index (Phi) is 1.47. The quantitative estimate of drug-likeness (QED) is 0.410. The number of benzene rings is 1. The SMILES string of the molecule is Nc1ccc(N2[N+]#CNN2)cc1. The van der Waals surface area contributed by atoms with E-state index in [4.69, 9.17) is 5.73 Å². The maximum absolute atomic E-state index is 5.52. The maximum Gasteiger partial charge on any atom is 0.429 e. The molecule has 1 aromatic rings. The van der Waals surface area contributed by atoms with Gasteiger partial charge in [0.05, 0.1) is 0 Å². The fourth-order valence-corrected chi connectivity index (χ4v) is 0.916. The van der Waals surface area contributed by atoms with Crippen molar-refractivity contribution in [3.8, 4) is 6.19 Å². The van der Waals surface area contributed by atoms with Gasteiger partial charge in [-0.15, -0.1) is 5.43 Å². The van der Waals surface area contributed by atoms with Gasteiger partial charge in [-0.3, -0.25) is 0 Å². The summed E-state index contributed by atoms with van der Waals surface area (Å²) in [6.07, 6.45) is 2.54. The molecule has 0 fully saturated rings. The first-order valence-electron chi connectivity index (χ1n) is 3.48. The maximum atomic E-state index is 5.52. The minimum absolute atomic E-state index is 0.735. The smallest absolute Gasteiger partial charge is 0.399 e. The lowest BCUT2D eigenvalue weighted by molar-refractivity contribution is 0.682. The Hall–Kier alpha value is -1.93. The normalized spacial score (nSPS) is 13.5. The fourth-order valence-electron chi connectivity index (χ4n) is 0.916. The van der Waals surface area contributed by atoms with Crippen LogP contribution in [0.1, 0.15) is 0 Å². The number of hydrogen-bond donors (Lipinski definition) is 3. The molecule has 1 aliphatic rings. The minimum atomic E-state index is 0.735. The van der Waals surface area contributed by atoms with Crippen LogP contribution in [0.2, 0.25) is 0 Å². The van der Waals surface area contributed by atoms with Crippen molar-refractivity contribution >= 4 is 11.4 Å². The second kappa shape index (κ2) is 2.60. The van der Waals surface area contributed by atoms with Crippen molar-refractivity contribution in [3.05, 3.63) is 29.2 Å². The third-order valence-electron chi connectivity index (χ3n) is 1.51. The van der Waals surface area contributed by atoms with Crippen molar-refractivity contribution < 1.29 is 0 Å². The number of rotatable bonds is 1. The van der Waals surface area contributed by atoms with E-state index in [1.165, 1.54) is 0 Å². The number of hydrogen-bond acceptors (Lipinski definition) is 4. The molecule has 60 valence electrons. The summed E-state index contributed by atoms with van der Waals surface area (Å²) in [5.74, 6) is 0. The van der Waals surface area contributed by atoms with Gasteiger partial charge < -0.3 is 5.73 Å². The minimum Gasteiger partial charge on any atom is -0.399 e. The van der Waals surface area contributed by atoms with Crippen LogP contribution in [0.5, 0.6) is 0 Å². The summed E-state index contributed by atoms with van der Waals surface area (Å²) in [4.78, 5) is 3.86. The highest BCUT2D eigenvalue weighted by molar-refractivity contribution is 5.53. The highest BCUT2D eigenvalue weighted by atomic mass is 15.8. The van der Waals surface area contributed by atoms with Crippen LogP contribution in [0.25, 0.3) is 4.95 Å². The van der Waals surface area contributed by atoms with Crippen LogP contribution in [0.3, 0.4) is 0 Å². The van der Waals surface area contributed by atoms with Gasteiger partial charge in [-0.2, -0.15) is 0 Å². The number of hydrazine groups is 2. The molecule has 0 unspecified atom stereocenters. The Morgan fingerprint density at radius 2 is 2.08 bits per heavy atom. The van der Waals surface area contributed by atoms with Gasteiger partial charge in [-0.1, -0.05) is 0 Å². The Balaban J connectivity index is 2.25. The predicted octanol–water partition coefficient (Wildman–Crippen LogP) is 0.303. The average Bonchev–Trinajstić information content (AvgIpc) is 2.58. The van der Waals surface area contributed by atoms with Gasteiger partial charge in [-0.25, -0.2) is 0 Å². The van der Waals surface area contributed by atoms with Gasteiger partial charge in [0.2, 0.25) is 0 Å². The van der Waals surface area contributed by atoms with E-state index in [0.29, 0.717) is 0 Å². The fraction of sp³-hybridized carbons (Fsp3) is 0. The lowest BCUT2D eigenvalue weighted by atomic mass is 10.3. The molecule has 1 heterocycles. The Morgan fingerprint density at radius 3 is 2.67 bits per heavy atom. The summed E-state index contributed by atoms with van der Waals surface area (Å²) < 4.78 is 0. The van der Waals surface area contributed by atoms with Gasteiger partial charge in [-0.05, 0) is 39.9 Å². The Bertz CT molecular complexity index is 333. The van der Waals surface area contributed by atoms with E-state index in [1.807, 2.05) is 24.3 Å². The zero-order chi connectivity index (χ0) is 8.39.